The molecule has 0 aliphatic carbocycles. The van der Waals surface area contributed by atoms with Crippen molar-refractivity contribution in [1.82, 2.24) is 18.3 Å². The first-order chi connectivity index (χ1) is 59.1. The van der Waals surface area contributed by atoms with Crippen molar-refractivity contribution in [2.45, 2.75) is 11.8 Å². The van der Waals surface area contributed by atoms with E-state index in [4.69, 9.17) is 30.0 Å². The van der Waals surface area contributed by atoms with Gasteiger partial charge >= 0.3 is 35.4 Å². The van der Waals surface area contributed by atoms with Gasteiger partial charge in [-0.2, -0.15) is 9.13 Å². The van der Waals surface area contributed by atoms with Gasteiger partial charge in [-0.15, -0.1) is 18.3 Å². The van der Waals surface area contributed by atoms with Crippen molar-refractivity contribution in [3.8, 4) is 0 Å². The van der Waals surface area contributed by atoms with Gasteiger partial charge in [-0.25, -0.2) is 18.7 Å². The van der Waals surface area contributed by atoms with Crippen LogP contribution in [0.3, 0.4) is 0 Å². The van der Waals surface area contributed by atoms with Crippen LogP contribution >= 0.6 is 0 Å². The predicted octanol–water partition coefficient (Wildman–Crippen LogP) is 15.8. The molecule has 0 radical (unpaired) electrons. The van der Waals surface area contributed by atoms with Gasteiger partial charge in [0.2, 0.25) is 22.6 Å². The Morgan fingerprint density at radius 1 is 0.258 bits per heavy atom. The van der Waals surface area contributed by atoms with Crippen molar-refractivity contribution in [1.29, 1.82) is 0 Å². The summed E-state index contributed by atoms with van der Waals surface area (Å²) in [5.41, 5.74) is 16.2. The molecular formula is C102H52N14O4+4. The number of rotatable bonds is 4. The van der Waals surface area contributed by atoms with Crippen LogP contribution in [0.2, 0.25) is 0 Å². The van der Waals surface area contributed by atoms with E-state index in [1.54, 1.807) is 24.3 Å². The Bertz CT molecular complexity index is 9170. The van der Waals surface area contributed by atoms with Gasteiger partial charge in [-0.05, 0) is 196 Å². The van der Waals surface area contributed by atoms with Gasteiger partial charge in [0, 0.05) is 43.4 Å². The zero-order valence-electron chi connectivity index (χ0n) is 62.8. The van der Waals surface area contributed by atoms with Crippen LogP contribution in [0.5, 0.6) is 0 Å². The summed E-state index contributed by atoms with van der Waals surface area (Å²) >= 11 is 0. The first-order valence-corrected chi connectivity index (χ1v) is 40.2. The van der Waals surface area contributed by atoms with Gasteiger partial charge in [0.25, 0.3) is 35.0 Å². The maximum absolute atomic E-state index is 12.3. The molecule has 31 rings (SSSR count). The second-order valence-corrected chi connectivity index (χ2v) is 32.7. The molecule has 550 valence electrons. The summed E-state index contributed by atoms with van der Waals surface area (Å²) in [6.45, 7) is 0. The Kier molecular flexibility index (Phi) is 10.7. The Labute approximate surface area is 675 Å². The number of aliphatic imine (C=N–C) groups is 4. The predicted molar refractivity (Wildman–Crippen MR) is 463 cm³/mol. The third-order valence-corrected chi connectivity index (χ3v) is 27.0. The summed E-state index contributed by atoms with van der Waals surface area (Å²) in [5, 5.41) is 41.7. The number of hydrogen-bond donors (Lipinski definition) is 2. The van der Waals surface area contributed by atoms with Gasteiger partial charge in [0.15, 0.2) is 11.4 Å². The van der Waals surface area contributed by atoms with Crippen LogP contribution in [0.1, 0.15) is 76.4 Å². The Morgan fingerprint density at radius 2 is 0.542 bits per heavy atom. The third-order valence-electron chi connectivity index (χ3n) is 27.0. The molecule has 18 heteroatoms. The lowest BCUT2D eigenvalue weighted by Crippen LogP contribution is -2.72. The van der Waals surface area contributed by atoms with E-state index < -0.39 is 23.8 Å². The smallest absolute Gasteiger partial charge is 0.423 e. The molecule has 16 heterocycles. The molecule has 0 amide bonds. The first-order valence-electron chi connectivity index (χ1n) is 40.2. The fraction of sp³-hybridized carbons (Fsp3) is 0.0196. The molecule has 0 fully saturated rings. The molecule has 19 aromatic rings. The summed E-state index contributed by atoms with van der Waals surface area (Å²) in [6, 6.07) is 106. The fourth-order valence-electron chi connectivity index (χ4n) is 22.2. The average Bonchev–Trinajstić information content (AvgIpc) is 1.45. The van der Waals surface area contributed by atoms with Crippen molar-refractivity contribution < 1.29 is 38.1 Å². The molecule has 12 aliphatic heterocycles. The Hall–Kier alpha value is -16.6. The minimum absolute atomic E-state index is 0.233. The molecule has 15 aromatic carbocycles. The second-order valence-electron chi connectivity index (χ2n) is 32.7. The number of fused-ring (bicyclic) bond motifs is 29. The Balaban J connectivity index is 0.000000120. The van der Waals surface area contributed by atoms with Gasteiger partial charge in [-0.3, -0.25) is 0 Å². The topological polar surface area (TPSA) is 181 Å². The summed E-state index contributed by atoms with van der Waals surface area (Å²) in [4.78, 5) is 58.8. The second kappa shape index (κ2) is 20.7. The lowest BCUT2D eigenvalue weighted by molar-refractivity contribution is -0.789. The lowest BCUT2D eigenvalue weighted by Gasteiger charge is -2.41. The molecule has 2 unspecified atom stereocenters. The number of amidine groups is 6. The largest absolute Gasteiger partial charge is 0.478 e. The number of aromatic nitrogens is 4. The van der Waals surface area contributed by atoms with Crippen LogP contribution in [0.4, 0.5) is 23.3 Å². The number of carbonyl (C=O) groups is 2. The minimum atomic E-state index is -1.15. The number of carboxylic acid groups (broad SMARTS) is 2. The SMILES string of the molecule is O=C(O)c1ccc(C2=c3c4cc5ccccc5cc4c4n3C35n6c(c7cc8ccccc8cc7c6N=C6c7ccccc7C2=[N+]63)N=C2c3cc6ccccc6cc3C(=[N+]25)N=4)cc1.O=C(O)c1ccc(C2=c3c4cc5ccccc5cc4c4n3C35n6c(c7ccccc7c6N=C6c7ccccc7C2=[N+]63)N=C2c3cc6ccccc6cc3C(=[N+]25)N=4)cc1. The molecule has 120 heavy (non-hydrogen) atoms. The minimum Gasteiger partial charge on any atom is -0.478 e. The van der Waals surface area contributed by atoms with E-state index in [1.807, 2.05) is 24.3 Å². The van der Waals surface area contributed by atoms with E-state index in [9.17, 15) is 19.8 Å². The summed E-state index contributed by atoms with van der Waals surface area (Å²) in [5.74, 6) is 4.19. The molecule has 0 bridgehead atoms. The van der Waals surface area contributed by atoms with E-state index in [-0.39, 0.29) is 11.1 Å². The number of nitrogens with zero attached hydrogens (tertiary/aromatic N) is 14. The van der Waals surface area contributed by atoms with Crippen molar-refractivity contribution in [2.24, 2.45) is 30.0 Å². The highest BCUT2D eigenvalue weighted by molar-refractivity contribution is 6.38. The quantitative estimate of drug-likeness (QED) is 0.167. The van der Waals surface area contributed by atoms with E-state index in [1.165, 1.54) is 0 Å². The number of aromatic carboxylic acids is 2. The van der Waals surface area contributed by atoms with Crippen molar-refractivity contribution in [3.63, 3.8) is 0 Å². The van der Waals surface area contributed by atoms with Crippen LogP contribution < -0.4 is 21.7 Å². The van der Waals surface area contributed by atoms with Gasteiger partial charge in [0.05, 0.1) is 77.1 Å². The maximum Gasteiger partial charge on any atom is 0.423 e. The molecule has 2 spiro atoms. The molecule has 12 aliphatic rings. The van der Waals surface area contributed by atoms with E-state index in [2.05, 4.69) is 291 Å². The third kappa shape index (κ3) is 6.95. The first kappa shape index (κ1) is 61.9. The number of carboxylic acids is 2. The summed E-state index contributed by atoms with van der Waals surface area (Å²) in [6.07, 6.45) is 0. The van der Waals surface area contributed by atoms with Gasteiger partial charge in [0.1, 0.15) is 0 Å². The van der Waals surface area contributed by atoms with E-state index in [0.717, 1.165) is 255 Å². The zero-order chi connectivity index (χ0) is 78.1. The van der Waals surface area contributed by atoms with Gasteiger partial charge < -0.3 is 10.2 Å². The van der Waals surface area contributed by atoms with Gasteiger partial charge in [-0.1, -0.05) is 202 Å². The van der Waals surface area contributed by atoms with E-state index >= 15 is 0 Å². The highest BCUT2D eigenvalue weighted by atomic mass is 16.4. The molecule has 4 aromatic heterocycles. The van der Waals surface area contributed by atoms with Crippen molar-refractivity contribution in [2.75, 3.05) is 0 Å². The van der Waals surface area contributed by atoms with Crippen LogP contribution in [0.15, 0.2) is 333 Å². The van der Waals surface area contributed by atoms with Crippen LogP contribution in [-0.4, -0.2) is 105 Å². The average molecular weight is 1540 g/mol. The fourth-order valence-corrected chi connectivity index (χ4v) is 22.2. The summed E-state index contributed by atoms with van der Waals surface area (Å²) in [7, 11) is 0. The molecule has 0 saturated carbocycles. The van der Waals surface area contributed by atoms with Crippen LogP contribution in [0, 0.1) is 0 Å². The Morgan fingerprint density at radius 3 is 0.892 bits per heavy atom. The molecule has 2 N–H and O–H groups in total. The highest BCUT2D eigenvalue weighted by Gasteiger charge is 2.73. The summed E-state index contributed by atoms with van der Waals surface area (Å²) < 4.78 is 19.2. The van der Waals surface area contributed by atoms with Crippen LogP contribution in [-0.2, 0) is 11.8 Å². The maximum atomic E-state index is 12.3. The lowest BCUT2D eigenvalue weighted by atomic mass is 9.92. The molecule has 18 nitrogen and oxygen atoms in total. The number of benzene rings is 15. The normalized spacial score (nSPS) is 18.2. The van der Waals surface area contributed by atoms with E-state index in [0.29, 0.717) is 0 Å². The number of hydrogen-bond acceptors (Lipinski definition) is 8. The van der Waals surface area contributed by atoms with Crippen molar-refractivity contribution in [3.05, 3.63) is 392 Å². The molecular weight excluding hydrogens is 1490 g/mol. The molecule has 2 atom stereocenters. The highest BCUT2D eigenvalue weighted by Crippen LogP contribution is 2.57. The van der Waals surface area contributed by atoms with Crippen molar-refractivity contribution >= 4 is 190 Å². The zero-order valence-corrected chi connectivity index (χ0v) is 62.8. The standard InChI is InChI=1S/C53H26N7O2.C49H24N7O2/c61-52(62)28-19-17-27(18-20-28)43-44-35-15-7-8-16-36(35)46-54-48-39-23-31-11-3-5-13-33(31)25-41(39)50-56-51-42-26-34-14-6-4-12-32(34)24-40(42)49-55-47-38-22-30-10-2-1-9-29(30)21-37(38)45(43)58(47)53(57(44)46,59(48)50)60(49)51;57-48(58)26-19-17-25(18-20-26)39-40-31-13-5-6-14-32(31)42-50-43-33-15-7-8-16-34(33)44-51-46-37-23-29-11-3-4-12-30(29)24-38(37)47-52-45-36-22-28-10-2-1-9-27(28)21-35(36)41(39)54(45)49(53(40)42,55(43)44)56(46)47/h1-26H;1-24H/q2*+1/p+2. The van der Waals surface area contributed by atoms with Crippen LogP contribution in [0.25, 0.3) is 108 Å². The molecule has 0 saturated heterocycles. The monoisotopic (exact) mass is 1540 g/mol.